The summed E-state index contributed by atoms with van der Waals surface area (Å²) >= 11 is 0. The van der Waals surface area contributed by atoms with Gasteiger partial charge in [-0.1, -0.05) is 30.3 Å². The van der Waals surface area contributed by atoms with Crippen molar-refractivity contribution < 1.29 is 4.79 Å². The van der Waals surface area contributed by atoms with Crippen molar-refractivity contribution in [1.29, 1.82) is 10.5 Å². The van der Waals surface area contributed by atoms with Gasteiger partial charge < -0.3 is 4.90 Å². The van der Waals surface area contributed by atoms with Crippen molar-refractivity contribution in [3.05, 3.63) is 83.4 Å². The third-order valence-corrected chi connectivity index (χ3v) is 4.71. The molecule has 0 aromatic heterocycles. The van der Waals surface area contributed by atoms with E-state index in [1.165, 1.54) is 0 Å². The van der Waals surface area contributed by atoms with E-state index in [-0.39, 0.29) is 11.3 Å². The van der Waals surface area contributed by atoms with Crippen LogP contribution in [0.3, 0.4) is 0 Å². The van der Waals surface area contributed by atoms with Crippen molar-refractivity contribution in [2.24, 2.45) is 0 Å². The van der Waals surface area contributed by atoms with Gasteiger partial charge in [-0.2, -0.15) is 10.5 Å². The second kappa shape index (κ2) is 7.25. The van der Waals surface area contributed by atoms with Crippen molar-refractivity contribution in [2.45, 2.75) is 24.8 Å². The fraction of sp³-hybridized carbons (Fsp3) is 0.227. The summed E-state index contributed by atoms with van der Waals surface area (Å²) in [6.45, 7) is 4.56. The average molecular weight is 341 g/mol. The molecule has 3 rings (SSSR count). The summed E-state index contributed by atoms with van der Waals surface area (Å²) < 4.78 is 0. The molecule has 1 saturated carbocycles. The molecular weight excluding hydrogens is 322 g/mol. The number of nitriles is 2. The first-order chi connectivity index (χ1) is 12.6. The van der Waals surface area contributed by atoms with Gasteiger partial charge in [-0.05, 0) is 48.2 Å². The summed E-state index contributed by atoms with van der Waals surface area (Å²) in [5.74, 6) is -0.0967. The molecule has 128 valence electrons. The number of benzene rings is 2. The summed E-state index contributed by atoms with van der Waals surface area (Å²) in [5.41, 5.74) is 2.69. The van der Waals surface area contributed by atoms with Crippen LogP contribution in [0.15, 0.2) is 61.2 Å². The van der Waals surface area contributed by atoms with E-state index < -0.39 is 0 Å². The summed E-state index contributed by atoms with van der Waals surface area (Å²) in [7, 11) is 0. The number of rotatable bonds is 6. The van der Waals surface area contributed by atoms with E-state index >= 15 is 0 Å². The first-order valence-corrected chi connectivity index (χ1v) is 8.53. The predicted molar refractivity (Wildman–Crippen MR) is 99.1 cm³/mol. The highest BCUT2D eigenvalue weighted by atomic mass is 16.2. The third kappa shape index (κ3) is 3.50. The van der Waals surface area contributed by atoms with Gasteiger partial charge in [-0.3, -0.25) is 4.79 Å². The lowest BCUT2D eigenvalue weighted by Crippen LogP contribution is -2.30. The van der Waals surface area contributed by atoms with Gasteiger partial charge in [0.15, 0.2) is 0 Å². The van der Waals surface area contributed by atoms with Gasteiger partial charge in [0.05, 0.1) is 23.1 Å². The van der Waals surface area contributed by atoms with Gasteiger partial charge in [0.1, 0.15) is 0 Å². The van der Waals surface area contributed by atoms with Crippen LogP contribution in [-0.4, -0.2) is 17.4 Å². The Hall–Kier alpha value is -3.37. The smallest absolute Gasteiger partial charge is 0.254 e. The maximum Gasteiger partial charge on any atom is 0.254 e. The van der Waals surface area contributed by atoms with Gasteiger partial charge >= 0.3 is 0 Å². The van der Waals surface area contributed by atoms with E-state index in [0.717, 1.165) is 24.0 Å². The minimum absolute atomic E-state index is 0.0967. The van der Waals surface area contributed by atoms with Crippen molar-refractivity contribution in [1.82, 2.24) is 4.90 Å². The van der Waals surface area contributed by atoms with Crippen LogP contribution in [0.2, 0.25) is 0 Å². The molecule has 0 saturated heterocycles. The predicted octanol–water partition coefficient (Wildman–Crippen LogP) is 3.94. The Kier molecular flexibility index (Phi) is 4.87. The Morgan fingerprint density at radius 1 is 1.19 bits per heavy atom. The number of hydrogen-bond donors (Lipinski definition) is 0. The van der Waals surface area contributed by atoms with Crippen molar-refractivity contribution >= 4 is 5.91 Å². The van der Waals surface area contributed by atoms with E-state index in [4.69, 9.17) is 5.26 Å². The van der Waals surface area contributed by atoms with Gasteiger partial charge in [0.2, 0.25) is 0 Å². The molecule has 1 fully saturated rings. The zero-order chi connectivity index (χ0) is 18.6. The van der Waals surface area contributed by atoms with Crippen LogP contribution < -0.4 is 0 Å². The van der Waals surface area contributed by atoms with E-state index in [1.807, 2.05) is 24.3 Å². The minimum Gasteiger partial charge on any atom is -0.331 e. The number of hydrogen-bond acceptors (Lipinski definition) is 3. The summed E-state index contributed by atoms with van der Waals surface area (Å²) in [6.07, 6.45) is 3.46. The van der Waals surface area contributed by atoms with Crippen LogP contribution in [-0.2, 0) is 12.0 Å². The molecule has 0 spiro atoms. The van der Waals surface area contributed by atoms with Crippen LogP contribution in [0.25, 0.3) is 0 Å². The molecule has 1 amide bonds. The van der Waals surface area contributed by atoms with Crippen LogP contribution in [0.4, 0.5) is 0 Å². The molecule has 0 aliphatic heterocycles. The van der Waals surface area contributed by atoms with E-state index in [1.54, 1.807) is 35.2 Å². The molecule has 0 radical (unpaired) electrons. The van der Waals surface area contributed by atoms with E-state index in [2.05, 4.69) is 18.7 Å². The van der Waals surface area contributed by atoms with E-state index in [9.17, 15) is 10.1 Å². The molecule has 1 aliphatic rings. The molecule has 0 bridgehead atoms. The molecule has 2 aromatic rings. The van der Waals surface area contributed by atoms with Crippen molar-refractivity contribution in [3.63, 3.8) is 0 Å². The van der Waals surface area contributed by atoms with Crippen LogP contribution in [0.5, 0.6) is 0 Å². The fourth-order valence-corrected chi connectivity index (χ4v) is 3.04. The topological polar surface area (TPSA) is 67.9 Å². The molecular formula is C22H19N3O. The molecule has 0 atom stereocenters. The second-order valence-electron chi connectivity index (χ2n) is 6.56. The lowest BCUT2D eigenvalue weighted by atomic mass is 9.96. The molecule has 1 aliphatic carbocycles. The molecule has 2 aromatic carbocycles. The van der Waals surface area contributed by atoms with Gasteiger partial charge in [0.25, 0.3) is 5.91 Å². The van der Waals surface area contributed by atoms with Gasteiger partial charge in [-0.25, -0.2) is 0 Å². The monoisotopic (exact) mass is 341 g/mol. The highest BCUT2D eigenvalue weighted by Gasteiger charge is 2.44. The highest BCUT2D eigenvalue weighted by molar-refractivity contribution is 5.94. The van der Waals surface area contributed by atoms with Crippen molar-refractivity contribution in [3.8, 4) is 12.1 Å². The van der Waals surface area contributed by atoms with Crippen LogP contribution in [0.1, 0.15) is 39.9 Å². The maximum atomic E-state index is 12.9. The zero-order valence-corrected chi connectivity index (χ0v) is 14.5. The first-order valence-electron chi connectivity index (χ1n) is 8.53. The lowest BCUT2D eigenvalue weighted by Gasteiger charge is -2.22. The molecule has 4 heteroatoms. The Morgan fingerprint density at radius 3 is 2.50 bits per heavy atom. The number of carbonyl (C=O) groups excluding carboxylic acids is 1. The van der Waals surface area contributed by atoms with E-state index in [0.29, 0.717) is 24.2 Å². The highest BCUT2D eigenvalue weighted by Crippen LogP contribution is 2.47. The summed E-state index contributed by atoms with van der Waals surface area (Å²) in [6, 6.07) is 19.1. The van der Waals surface area contributed by atoms with Crippen LogP contribution >= 0.6 is 0 Å². The first kappa shape index (κ1) is 17.5. The Bertz CT molecular complexity index is 912. The third-order valence-electron chi connectivity index (χ3n) is 4.71. The minimum atomic E-state index is -0.347. The second-order valence-corrected chi connectivity index (χ2v) is 6.56. The number of amides is 1. The SMILES string of the molecule is C=CCN(Cc1cccc(C#N)c1)C(=O)c1ccc(C2(C#N)CC2)cc1. The average Bonchev–Trinajstić information content (AvgIpc) is 3.49. The molecule has 26 heavy (non-hydrogen) atoms. The quantitative estimate of drug-likeness (QED) is 0.747. The fourth-order valence-electron chi connectivity index (χ4n) is 3.04. The van der Waals surface area contributed by atoms with Gasteiger partial charge in [-0.15, -0.1) is 6.58 Å². The van der Waals surface area contributed by atoms with Crippen LogP contribution in [0, 0.1) is 22.7 Å². The molecule has 0 heterocycles. The normalized spacial score (nSPS) is 13.9. The summed E-state index contributed by atoms with van der Waals surface area (Å²) in [4.78, 5) is 14.6. The largest absolute Gasteiger partial charge is 0.331 e. The summed E-state index contributed by atoms with van der Waals surface area (Å²) in [5, 5.41) is 18.3. The molecule has 0 unspecified atom stereocenters. The van der Waals surface area contributed by atoms with Gasteiger partial charge in [0, 0.05) is 18.7 Å². The standard InChI is InChI=1S/C22H19N3O/c1-2-12-25(15-18-5-3-4-17(13-18)14-23)21(26)19-6-8-20(9-7-19)22(16-24)10-11-22/h2-9,13H,1,10-12,15H2. The van der Waals surface area contributed by atoms with Crippen molar-refractivity contribution in [2.75, 3.05) is 6.54 Å². The Balaban J connectivity index is 1.79. The zero-order valence-electron chi connectivity index (χ0n) is 14.5. The lowest BCUT2D eigenvalue weighted by molar-refractivity contribution is 0.0762. The number of carbonyl (C=O) groups is 1. The number of nitrogens with zero attached hydrogens (tertiary/aromatic N) is 3. The molecule has 4 nitrogen and oxygen atoms in total. The maximum absolute atomic E-state index is 12.9. The Morgan fingerprint density at radius 2 is 1.92 bits per heavy atom. The molecule has 0 N–H and O–H groups in total. The Labute approximate surface area is 153 Å².